The molecule has 1 saturated heterocycles. The Kier molecular flexibility index (Phi) is 4.78. The van der Waals surface area contributed by atoms with Crippen LogP contribution in [0.4, 0.5) is 19.1 Å². The van der Waals surface area contributed by atoms with Crippen LogP contribution in [0.3, 0.4) is 0 Å². The minimum absolute atomic E-state index is 0.00633. The highest BCUT2D eigenvalue weighted by atomic mass is 19.4. The Morgan fingerprint density at radius 1 is 1.07 bits per heavy atom. The zero-order valence-corrected chi connectivity index (χ0v) is 15.5. The van der Waals surface area contributed by atoms with Crippen molar-refractivity contribution in [3.63, 3.8) is 0 Å². The SMILES string of the molecule is Cc1ccc(-c2nc(N3CCOCC3)n3c2CN(C(=O)C(F)(F)F)CC3)cc1. The molecule has 0 saturated carbocycles. The molecule has 150 valence electrons. The lowest BCUT2D eigenvalue weighted by Crippen LogP contribution is -2.46. The fourth-order valence-corrected chi connectivity index (χ4v) is 3.65. The molecule has 4 rings (SSSR count). The van der Waals surface area contributed by atoms with Gasteiger partial charge in [-0.05, 0) is 6.92 Å². The van der Waals surface area contributed by atoms with Crippen LogP contribution in [0.1, 0.15) is 11.3 Å². The van der Waals surface area contributed by atoms with E-state index in [0.717, 1.165) is 22.0 Å². The van der Waals surface area contributed by atoms with Crippen LogP contribution in [-0.4, -0.2) is 59.4 Å². The molecule has 2 aliphatic rings. The van der Waals surface area contributed by atoms with Crippen molar-refractivity contribution < 1.29 is 22.7 Å². The number of imidazole rings is 1. The van der Waals surface area contributed by atoms with Crippen molar-refractivity contribution in [2.45, 2.75) is 26.2 Å². The van der Waals surface area contributed by atoms with Gasteiger partial charge in [0.05, 0.1) is 31.1 Å². The summed E-state index contributed by atoms with van der Waals surface area (Å²) in [7, 11) is 0. The Balaban J connectivity index is 1.75. The number of nitrogens with zero attached hydrogens (tertiary/aromatic N) is 4. The summed E-state index contributed by atoms with van der Waals surface area (Å²) in [6, 6.07) is 7.70. The van der Waals surface area contributed by atoms with E-state index in [0.29, 0.717) is 37.7 Å². The van der Waals surface area contributed by atoms with Gasteiger partial charge in [-0.25, -0.2) is 4.98 Å². The normalized spacial score (nSPS) is 17.6. The standard InChI is InChI=1S/C19H21F3N4O2/c1-13-2-4-14(5-3-13)16-15-12-25(17(27)19(20,21)22)6-7-26(15)18(23-16)24-8-10-28-11-9-24/h2-5H,6-12H2,1H3. The second-order valence-corrected chi connectivity index (χ2v) is 7.05. The molecule has 0 N–H and O–H groups in total. The van der Waals surface area contributed by atoms with E-state index in [1.807, 2.05) is 35.8 Å². The lowest BCUT2D eigenvalue weighted by molar-refractivity contribution is -0.186. The number of hydrogen-bond acceptors (Lipinski definition) is 4. The zero-order chi connectivity index (χ0) is 19.9. The summed E-state index contributed by atoms with van der Waals surface area (Å²) in [6.45, 7) is 4.66. The number of ether oxygens (including phenoxy) is 1. The molecular weight excluding hydrogens is 373 g/mol. The zero-order valence-electron chi connectivity index (χ0n) is 15.5. The molecule has 9 heteroatoms. The molecular formula is C19H21F3N4O2. The monoisotopic (exact) mass is 394 g/mol. The minimum Gasteiger partial charge on any atom is -0.378 e. The second kappa shape index (κ2) is 7.12. The number of carbonyl (C=O) groups excluding carboxylic acids is 1. The van der Waals surface area contributed by atoms with Gasteiger partial charge in [-0.1, -0.05) is 29.8 Å². The van der Waals surface area contributed by atoms with Gasteiger partial charge >= 0.3 is 12.1 Å². The molecule has 0 aliphatic carbocycles. The van der Waals surface area contributed by atoms with Crippen LogP contribution in [0.15, 0.2) is 24.3 Å². The van der Waals surface area contributed by atoms with Gasteiger partial charge in [-0.3, -0.25) is 4.79 Å². The minimum atomic E-state index is -4.88. The molecule has 2 aromatic rings. The molecule has 0 unspecified atom stereocenters. The first kappa shape index (κ1) is 18.8. The third kappa shape index (κ3) is 3.46. The molecule has 0 atom stereocenters. The number of benzene rings is 1. The number of carbonyl (C=O) groups is 1. The van der Waals surface area contributed by atoms with Crippen molar-refractivity contribution in [3.05, 3.63) is 35.5 Å². The van der Waals surface area contributed by atoms with Crippen molar-refractivity contribution in [1.82, 2.24) is 14.5 Å². The largest absolute Gasteiger partial charge is 0.471 e. The van der Waals surface area contributed by atoms with E-state index in [-0.39, 0.29) is 19.6 Å². The van der Waals surface area contributed by atoms with E-state index >= 15 is 0 Å². The average Bonchev–Trinajstić information content (AvgIpc) is 3.07. The quantitative estimate of drug-likeness (QED) is 0.786. The first-order valence-electron chi connectivity index (χ1n) is 9.20. The number of anilines is 1. The van der Waals surface area contributed by atoms with Crippen LogP contribution in [0.25, 0.3) is 11.3 Å². The second-order valence-electron chi connectivity index (χ2n) is 7.05. The summed E-state index contributed by atoms with van der Waals surface area (Å²) in [6.07, 6.45) is -4.88. The fourth-order valence-electron chi connectivity index (χ4n) is 3.65. The number of aromatic nitrogens is 2. The van der Waals surface area contributed by atoms with Crippen molar-refractivity contribution in [2.75, 3.05) is 37.7 Å². The third-order valence-electron chi connectivity index (χ3n) is 5.14. The predicted molar refractivity (Wildman–Crippen MR) is 96.9 cm³/mol. The predicted octanol–water partition coefficient (Wildman–Crippen LogP) is 2.60. The number of amides is 1. The fraction of sp³-hybridized carbons (Fsp3) is 0.474. The molecule has 28 heavy (non-hydrogen) atoms. The van der Waals surface area contributed by atoms with E-state index in [2.05, 4.69) is 4.90 Å². The van der Waals surface area contributed by atoms with Crippen molar-refractivity contribution in [2.24, 2.45) is 0 Å². The summed E-state index contributed by atoms with van der Waals surface area (Å²) in [5.41, 5.74) is 3.17. The van der Waals surface area contributed by atoms with Crippen LogP contribution in [0.2, 0.25) is 0 Å². The van der Waals surface area contributed by atoms with Gasteiger partial charge in [-0.2, -0.15) is 13.2 Å². The molecule has 6 nitrogen and oxygen atoms in total. The topological polar surface area (TPSA) is 50.6 Å². The Hall–Kier alpha value is -2.55. The summed E-state index contributed by atoms with van der Waals surface area (Å²) in [4.78, 5) is 19.5. The number of fused-ring (bicyclic) bond motifs is 1. The maximum Gasteiger partial charge on any atom is 0.471 e. The van der Waals surface area contributed by atoms with Crippen LogP contribution in [0, 0.1) is 6.92 Å². The number of morpholine rings is 1. The van der Waals surface area contributed by atoms with Crippen LogP contribution in [-0.2, 0) is 22.6 Å². The van der Waals surface area contributed by atoms with E-state index < -0.39 is 12.1 Å². The Morgan fingerprint density at radius 2 is 1.75 bits per heavy atom. The summed E-state index contributed by atoms with van der Waals surface area (Å²) < 4.78 is 46.2. The first-order valence-corrected chi connectivity index (χ1v) is 9.20. The Labute approximate surface area is 160 Å². The van der Waals surface area contributed by atoms with Crippen molar-refractivity contribution in [3.8, 4) is 11.3 Å². The molecule has 1 aromatic heterocycles. The Bertz CT molecular complexity index is 871. The maximum atomic E-state index is 12.9. The van der Waals surface area contributed by atoms with Crippen LogP contribution >= 0.6 is 0 Å². The summed E-state index contributed by atoms with van der Waals surface area (Å²) >= 11 is 0. The summed E-state index contributed by atoms with van der Waals surface area (Å²) in [5.74, 6) is -1.07. The lowest BCUT2D eigenvalue weighted by atomic mass is 10.1. The number of alkyl halides is 3. The van der Waals surface area contributed by atoms with Gasteiger partial charge in [0.15, 0.2) is 0 Å². The van der Waals surface area contributed by atoms with E-state index in [1.54, 1.807) is 0 Å². The molecule has 0 bridgehead atoms. The molecule has 2 aliphatic heterocycles. The molecule has 1 amide bonds. The van der Waals surface area contributed by atoms with Gasteiger partial charge in [0.25, 0.3) is 0 Å². The number of halogens is 3. The molecule has 0 spiro atoms. The lowest BCUT2D eigenvalue weighted by Gasteiger charge is -2.33. The van der Waals surface area contributed by atoms with E-state index in [9.17, 15) is 18.0 Å². The van der Waals surface area contributed by atoms with E-state index in [4.69, 9.17) is 9.72 Å². The maximum absolute atomic E-state index is 12.9. The first-order chi connectivity index (χ1) is 13.3. The van der Waals surface area contributed by atoms with Gasteiger partial charge in [0, 0.05) is 31.7 Å². The van der Waals surface area contributed by atoms with E-state index in [1.165, 1.54) is 0 Å². The van der Waals surface area contributed by atoms with Gasteiger partial charge in [0.2, 0.25) is 5.95 Å². The van der Waals surface area contributed by atoms with Gasteiger partial charge in [-0.15, -0.1) is 0 Å². The molecule has 0 radical (unpaired) electrons. The highest BCUT2D eigenvalue weighted by Crippen LogP contribution is 2.33. The molecule has 3 heterocycles. The number of aryl methyl sites for hydroxylation is 1. The van der Waals surface area contributed by atoms with Crippen LogP contribution in [0.5, 0.6) is 0 Å². The van der Waals surface area contributed by atoms with Crippen LogP contribution < -0.4 is 4.90 Å². The van der Waals surface area contributed by atoms with Gasteiger partial charge < -0.3 is 19.1 Å². The average molecular weight is 394 g/mol. The number of hydrogen-bond donors (Lipinski definition) is 0. The molecule has 1 aromatic carbocycles. The smallest absolute Gasteiger partial charge is 0.378 e. The van der Waals surface area contributed by atoms with Crippen molar-refractivity contribution in [1.29, 1.82) is 0 Å². The van der Waals surface area contributed by atoms with Crippen molar-refractivity contribution >= 4 is 11.9 Å². The number of rotatable bonds is 2. The Morgan fingerprint density at radius 3 is 2.39 bits per heavy atom. The highest BCUT2D eigenvalue weighted by Gasteiger charge is 2.44. The van der Waals surface area contributed by atoms with Gasteiger partial charge in [0.1, 0.15) is 0 Å². The summed E-state index contributed by atoms with van der Waals surface area (Å²) in [5, 5.41) is 0. The third-order valence-corrected chi connectivity index (χ3v) is 5.14. The highest BCUT2D eigenvalue weighted by molar-refractivity contribution is 5.82. The molecule has 1 fully saturated rings.